The molecule has 0 aromatic heterocycles. The van der Waals surface area contributed by atoms with E-state index >= 15 is 0 Å². The van der Waals surface area contributed by atoms with Crippen LogP contribution in [0.15, 0.2) is 11.8 Å². The highest BCUT2D eigenvalue weighted by molar-refractivity contribution is 5.65. The van der Waals surface area contributed by atoms with E-state index in [9.17, 15) is 4.79 Å². The second-order valence-corrected chi connectivity index (χ2v) is 0.944. The van der Waals surface area contributed by atoms with Crippen molar-refractivity contribution in [3.05, 3.63) is 11.8 Å². The average molecular weight is 86.1 g/mol. The summed E-state index contributed by atoms with van der Waals surface area (Å²) in [5.41, 5.74) is 0. The fraction of sp³-hybridized carbons (Fsp3) is 0.250. The van der Waals surface area contributed by atoms with Crippen LogP contribution in [0.1, 0.15) is 6.92 Å². The van der Waals surface area contributed by atoms with Gasteiger partial charge in [0.1, 0.15) is 6.29 Å². The van der Waals surface area contributed by atoms with Crippen molar-refractivity contribution in [2.24, 2.45) is 0 Å². The van der Waals surface area contributed by atoms with E-state index in [1.165, 1.54) is 6.92 Å². The third-order valence-electron chi connectivity index (χ3n) is 0.309. The molecule has 2 heteroatoms. The van der Waals surface area contributed by atoms with Crippen molar-refractivity contribution in [2.45, 2.75) is 6.92 Å². The molecular weight excluding hydrogens is 80.0 g/mol. The van der Waals surface area contributed by atoms with E-state index < -0.39 is 0 Å². The van der Waals surface area contributed by atoms with E-state index in [1.807, 2.05) is 0 Å². The summed E-state index contributed by atoms with van der Waals surface area (Å²) in [6.45, 7) is 1.44. The lowest BCUT2D eigenvalue weighted by Crippen LogP contribution is -1.67. The van der Waals surface area contributed by atoms with E-state index in [2.05, 4.69) is 0 Å². The van der Waals surface area contributed by atoms with Crippen LogP contribution < -0.4 is 0 Å². The largest absolute Gasteiger partial charge is 0.512 e. The number of hydrogen-bond donors (Lipinski definition) is 1. The second kappa shape index (κ2) is 2.45. The minimum absolute atomic E-state index is 0.0463. The number of aliphatic hydroxyl groups is 1. The SMILES string of the molecule is C/C(O)=C/C=O. The van der Waals surface area contributed by atoms with E-state index in [1.54, 1.807) is 0 Å². The summed E-state index contributed by atoms with van der Waals surface area (Å²) >= 11 is 0. The standard InChI is InChI=1S/C4H6O2/c1-4(6)2-3-5/h2-3,6H,1H3/b4-2-. The maximum Gasteiger partial charge on any atom is 0.146 e. The zero-order chi connectivity index (χ0) is 4.99. The molecule has 1 N–H and O–H groups in total. The zero-order valence-corrected chi connectivity index (χ0v) is 3.51. The third-order valence-corrected chi connectivity index (χ3v) is 0.309. The summed E-state index contributed by atoms with van der Waals surface area (Å²) < 4.78 is 0. The van der Waals surface area contributed by atoms with Gasteiger partial charge in [-0.25, -0.2) is 0 Å². The highest BCUT2D eigenvalue weighted by Gasteiger charge is 1.69. The predicted molar refractivity (Wildman–Crippen MR) is 22.4 cm³/mol. The molecule has 0 bridgehead atoms. The van der Waals surface area contributed by atoms with Crippen LogP contribution in [0.3, 0.4) is 0 Å². The summed E-state index contributed by atoms with van der Waals surface area (Å²) in [7, 11) is 0. The number of rotatable bonds is 1. The first-order chi connectivity index (χ1) is 2.77. The average Bonchev–Trinajstić information content (AvgIpc) is 1.35. The smallest absolute Gasteiger partial charge is 0.146 e. The molecule has 0 radical (unpaired) electrons. The molecule has 0 rings (SSSR count). The van der Waals surface area contributed by atoms with Crippen molar-refractivity contribution in [3.8, 4) is 0 Å². The fourth-order valence-electron chi connectivity index (χ4n) is 0.0985. The molecule has 6 heavy (non-hydrogen) atoms. The molecular formula is C4H6O2. The van der Waals surface area contributed by atoms with Crippen molar-refractivity contribution in [1.82, 2.24) is 0 Å². The molecule has 0 aromatic carbocycles. The summed E-state index contributed by atoms with van der Waals surface area (Å²) in [5, 5.41) is 8.18. The van der Waals surface area contributed by atoms with Gasteiger partial charge in [-0.05, 0) is 6.92 Å². The van der Waals surface area contributed by atoms with E-state index in [-0.39, 0.29) is 5.76 Å². The van der Waals surface area contributed by atoms with E-state index in [0.717, 1.165) is 6.08 Å². The quantitative estimate of drug-likeness (QED) is 0.289. The molecule has 0 atom stereocenters. The Hall–Kier alpha value is -0.790. The van der Waals surface area contributed by atoms with Gasteiger partial charge < -0.3 is 5.11 Å². The van der Waals surface area contributed by atoms with Gasteiger partial charge in [0.25, 0.3) is 0 Å². The van der Waals surface area contributed by atoms with Gasteiger partial charge in [0, 0.05) is 6.08 Å². The Balaban J connectivity index is 3.41. The Kier molecular flexibility index (Phi) is 2.13. The molecule has 0 saturated heterocycles. The number of allylic oxidation sites excluding steroid dienone is 2. The fourth-order valence-corrected chi connectivity index (χ4v) is 0.0985. The van der Waals surface area contributed by atoms with Gasteiger partial charge in [0.2, 0.25) is 0 Å². The Morgan fingerprint density at radius 3 is 2.33 bits per heavy atom. The molecule has 0 aliphatic heterocycles. The van der Waals surface area contributed by atoms with Crippen LogP contribution >= 0.6 is 0 Å². The van der Waals surface area contributed by atoms with Crippen molar-refractivity contribution in [3.63, 3.8) is 0 Å². The van der Waals surface area contributed by atoms with Crippen LogP contribution in [0.25, 0.3) is 0 Å². The van der Waals surface area contributed by atoms with Gasteiger partial charge in [-0.1, -0.05) is 0 Å². The molecule has 0 saturated carbocycles. The summed E-state index contributed by atoms with van der Waals surface area (Å²) in [6.07, 6.45) is 1.62. The van der Waals surface area contributed by atoms with Crippen molar-refractivity contribution >= 4 is 6.29 Å². The van der Waals surface area contributed by atoms with E-state index in [0.29, 0.717) is 6.29 Å². The molecule has 0 aromatic rings. The maximum atomic E-state index is 9.38. The second-order valence-electron chi connectivity index (χ2n) is 0.944. The number of hydrogen-bond acceptors (Lipinski definition) is 2. The summed E-state index contributed by atoms with van der Waals surface area (Å²) in [4.78, 5) is 9.38. The van der Waals surface area contributed by atoms with Crippen molar-refractivity contribution in [1.29, 1.82) is 0 Å². The summed E-state index contributed by atoms with van der Waals surface area (Å²) in [5.74, 6) is 0.0463. The van der Waals surface area contributed by atoms with Gasteiger partial charge >= 0.3 is 0 Å². The number of aliphatic hydroxyl groups excluding tert-OH is 1. The van der Waals surface area contributed by atoms with E-state index in [4.69, 9.17) is 5.11 Å². The van der Waals surface area contributed by atoms with Crippen LogP contribution in [0.2, 0.25) is 0 Å². The van der Waals surface area contributed by atoms with Gasteiger partial charge in [-0.15, -0.1) is 0 Å². The summed E-state index contributed by atoms with van der Waals surface area (Å²) in [6, 6.07) is 0. The lowest BCUT2D eigenvalue weighted by atomic mass is 10.5. The Bertz CT molecular complexity index is 69.6. The number of carbonyl (C=O) groups is 1. The Morgan fingerprint density at radius 1 is 1.83 bits per heavy atom. The van der Waals surface area contributed by atoms with Crippen molar-refractivity contribution < 1.29 is 9.90 Å². The lowest BCUT2D eigenvalue weighted by Gasteiger charge is -1.74. The Labute approximate surface area is 36.1 Å². The third kappa shape index (κ3) is 3.21. The molecule has 0 aliphatic carbocycles. The molecule has 2 nitrogen and oxygen atoms in total. The number of aldehydes is 1. The molecule has 0 amide bonds. The lowest BCUT2D eigenvalue weighted by molar-refractivity contribution is -0.104. The predicted octanol–water partition coefficient (Wildman–Crippen LogP) is 0.647. The molecule has 0 unspecified atom stereocenters. The first kappa shape index (κ1) is 5.21. The molecule has 0 aliphatic rings. The molecule has 0 heterocycles. The molecule has 34 valence electrons. The van der Waals surface area contributed by atoms with Gasteiger partial charge in [0.05, 0.1) is 5.76 Å². The highest BCUT2D eigenvalue weighted by Crippen LogP contribution is 1.75. The topological polar surface area (TPSA) is 37.3 Å². The first-order valence-corrected chi connectivity index (χ1v) is 1.58. The van der Waals surface area contributed by atoms with Crippen molar-refractivity contribution in [2.75, 3.05) is 0 Å². The highest BCUT2D eigenvalue weighted by atomic mass is 16.3. The monoisotopic (exact) mass is 86.0 g/mol. The van der Waals surface area contributed by atoms with Crippen LogP contribution in [-0.2, 0) is 4.79 Å². The molecule has 0 fully saturated rings. The van der Waals surface area contributed by atoms with Gasteiger partial charge in [-0.3, -0.25) is 4.79 Å². The first-order valence-electron chi connectivity index (χ1n) is 1.58. The number of carbonyl (C=O) groups excluding carboxylic acids is 1. The van der Waals surface area contributed by atoms with Crippen LogP contribution in [0.5, 0.6) is 0 Å². The Morgan fingerprint density at radius 2 is 2.33 bits per heavy atom. The maximum absolute atomic E-state index is 9.38. The minimum Gasteiger partial charge on any atom is -0.512 e. The normalized spacial score (nSPS) is 11.2. The van der Waals surface area contributed by atoms with Crippen LogP contribution in [0, 0.1) is 0 Å². The minimum atomic E-state index is 0.0463. The van der Waals surface area contributed by atoms with Gasteiger partial charge in [0.15, 0.2) is 0 Å². The zero-order valence-electron chi connectivity index (χ0n) is 3.51. The van der Waals surface area contributed by atoms with Crippen LogP contribution in [0.4, 0.5) is 0 Å². The molecule has 0 spiro atoms. The van der Waals surface area contributed by atoms with Crippen LogP contribution in [-0.4, -0.2) is 11.4 Å². The van der Waals surface area contributed by atoms with Gasteiger partial charge in [-0.2, -0.15) is 0 Å².